The largest absolute Gasteiger partial charge is 0.352 e. The summed E-state index contributed by atoms with van der Waals surface area (Å²) in [6, 6.07) is 0.432. The molecule has 0 bridgehead atoms. The van der Waals surface area contributed by atoms with Gasteiger partial charge in [-0.25, -0.2) is 0 Å². The van der Waals surface area contributed by atoms with Crippen LogP contribution in [0.1, 0.15) is 52.4 Å². The van der Waals surface area contributed by atoms with Crippen molar-refractivity contribution in [2.24, 2.45) is 5.92 Å². The molecule has 116 valence electrons. The summed E-state index contributed by atoms with van der Waals surface area (Å²) < 4.78 is 0. The van der Waals surface area contributed by atoms with Gasteiger partial charge in [0, 0.05) is 19.1 Å². The van der Waals surface area contributed by atoms with Crippen LogP contribution < -0.4 is 10.6 Å². The molecule has 1 amide bonds. The van der Waals surface area contributed by atoms with Crippen LogP contribution in [0, 0.1) is 5.92 Å². The lowest BCUT2D eigenvalue weighted by Gasteiger charge is -2.34. The average Bonchev–Trinajstić information content (AvgIpc) is 2.49. The number of carbonyl (C=O) groups is 1. The third-order valence-electron chi connectivity index (χ3n) is 4.88. The number of carbonyl (C=O) groups excluding carboxylic acids is 1. The van der Waals surface area contributed by atoms with E-state index >= 15 is 0 Å². The van der Waals surface area contributed by atoms with Gasteiger partial charge in [0.25, 0.3) is 0 Å². The molecular formula is C16H31N3O. The molecule has 4 nitrogen and oxygen atoms in total. The first-order chi connectivity index (χ1) is 9.72. The molecule has 0 aromatic heterocycles. The lowest BCUT2D eigenvalue weighted by Crippen LogP contribution is -2.53. The minimum Gasteiger partial charge on any atom is -0.352 e. The summed E-state index contributed by atoms with van der Waals surface area (Å²) >= 11 is 0. The molecule has 2 unspecified atom stereocenters. The molecule has 2 atom stereocenters. The van der Waals surface area contributed by atoms with E-state index in [0.717, 1.165) is 44.8 Å². The predicted molar refractivity (Wildman–Crippen MR) is 82.7 cm³/mol. The van der Waals surface area contributed by atoms with Gasteiger partial charge in [0.2, 0.25) is 5.91 Å². The zero-order valence-corrected chi connectivity index (χ0v) is 13.2. The summed E-state index contributed by atoms with van der Waals surface area (Å²) in [7, 11) is 0. The van der Waals surface area contributed by atoms with Gasteiger partial charge in [-0.1, -0.05) is 20.3 Å². The van der Waals surface area contributed by atoms with Crippen LogP contribution in [0.4, 0.5) is 0 Å². The predicted octanol–water partition coefficient (Wildman–Crippen LogP) is 1.76. The molecule has 4 heteroatoms. The van der Waals surface area contributed by atoms with Gasteiger partial charge in [0.1, 0.15) is 0 Å². The maximum Gasteiger partial charge on any atom is 0.237 e. The third-order valence-corrected chi connectivity index (χ3v) is 4.88. The van der Waals surface area contributed by atoms with Gasteiger partial charge >= 0.3 is 0 Å². The fraction of sp³-hybridized carbons (Fsp3) is 0.938. The first kappa shape index (κ1) is 15.8. The van der Waals surface area contributed by atoms with Crippen LogP contribution in [0.5, 0.6) is 0 Å². The van der Waals surface area contributed by atoms with Gasteiger partial charge < -0.3 is 15.5 Å². The summed E-state index contributed by atoms with van der Waals surface area (Å²) in [4.78, 5) is 14.9. The smallest absolute Gasteiger partial charge is 0.237 e. The van der Waals surface area contributed by atoms with Crippen molar-refractivity contribution < 1.29 is 4.79 Å². The van der Waals surface area contributed by atoms with Crippen molar-refractivity contribution in [2.45, 2.75) is 64.5 Å². The number of nitrogens with one attached hydrogen (secondary N) is 2. The Labute approximate surface area is 123 Å². The number of likely N-dealkylation sites (tertiary alicyclic amines) is 1. The molecule has 2 saturated heterocycles. The molecule has 2 fully saturated rings. The second-order valence-corrected chi connectivity index (χ2v) is 6.43. The van der Waals surface area contributed by atoms with Crippen LogP contribution in [0.25, 0.3) is 0 Å². The van der Waals surface area contributed by atoms with Crippen molar-refractivity contribution in [1.82, 2.24) is 15.5 Å². The van der Waals surface area contributed by atoms with E-state index in [-0.39, 0.29) is 11.9 Å². The second-order valence-electron chi connectivity index (χ2n) is 6.43. The monoisotopic (exact) mass is 281 g/mol. The number of hydrogen-bond acceptors (Lipinski definition) is 3. The first-order valence-electron chi connectivity index (χ1n) is 8.49. The fourth-order valence-electron chi connectivity index (χ4n) is 3.49. The molecule has 2 heterocycles. The van der Waals surface area contributed by atoms with Crippen molar-refractivity contribution >= 4 is 5.91 Å². The molecular weight excluding hydrogens is 250 g/mol. The van der Waals surface area contributed by atoms with E-state index < -0.39 is 0 Å². The second kappa shape index (κ2) is 7.99. The van der Waals surface area contributed by atoms with E-state index in [2.05, 4.69) is 29.4 Å². The summed E-state index contributed by atoms with van der Waals surface area (Å²) in [5, 5.41) is 6.65. The molecule has 2 aliphatic rings. The van der Waals surface area contributed by atoms with Gasteiger partial charge in [-0.05, 0) is 51.1 Å². The van der Waals surface area contributed by atoms with Crippen LogP contribution in [-0.4, -0.2) is 49.1 Å². The highest BCUT2D eigenvalue weighted by Gasteiger charge is 2.28. The highest BCUT2D eigenvalue weighted by molar-refractivity contribution is 5.82. The van der Waals surface area contributed by atoms with Crippen LogP contribution in [0.2, 0.25) is 0 Å². The molecule has 0 aromatic rings. The summed E-state index contributed by atoms with van der Waals surface area (Å²) in [6.45, 7) is 8.92. The number of piperidine rings is 2. The van der Waals surface area contributed by atoms with E-state index in [1.54, 1.807) is 0 Å². The maximum absolute atomic E-state index is 12.3. The third kappa shape index (κ3) is 4.45. The molecule has 0 aromatic carbocycles. The van der Waals surface area contributed by atoms with Gasteiger partial charge in [-0.3, -0.25) is 4.79 Å². The minimum absolute atomic E-state index is 0.0439. The molecule has 0 aliphatic carbocycles. The SMILES string of the molecule is CCCN1CCC(NC(=O)C2CC(CC)CCN2)CC1. The zero-order chi connectivity index (χ0) is 14.4. The van der Waals surface area contributed by atoms with E-state index in [4.69, 9.17) is 0 Å². The Bertz CT molecular complexity index is 300. The van der Waals surface area contributed by atoms with Crippen LogP contribution in [0.15, 0.2) is 0 Å². The highest BCUT2D eigenvalue weighted by Crippen LogP contribution is 2.20. The Morgan fingerprint density at radius 2 is 2.00 bits per heavy atom. The lowest BCUT2D eigenvalue weighted by atomic mass is 9.90. The molecule has 20 heavy (non-hydrogen) atoms. The quantitative estimate of drug-likeness (QED) is 0.807. The first-order valence-corrected chi connectivity index (χ1v) is 8.49. The Hall–Kier alpha value is -0.610. The molecule has 0 radical (unpaired) electrons. The van der Waals surface area contributed by atoms with E-state index in [1.165, 1.54) is 25.8 Å². The van der Waals surface area contributed by atoms with E-state index in [0.29, 0.717) is 6.04 Å². The molecule has 2 N–H and O–H groups in total. The van der Waals surface area contributed by atoms with Gasteiger partial charge in [-0.2, -0.15) is 0 Å². The Kier molecular flexibility index (Phi) is 6.30. The summed E-state index contributed by atoms with van der Waals surface area (Å²) in [6.07, 6.45) is 6.86. The van der Waals surface area contributed by atoms with E-state index in [1.807, 2.05) is 0 Å². The van der Waals surface area contributed by atoms with Crippen LogP contribution in [0.3, 0.4) is 0 Å². The summed E-state index contributed by atoms with van der Waals surface area (Å²) in [5.41, 5.74) is 0. The van der Waals surface area contributed by atoms with Gasteiger partial charge in [0.05, 0.1) is 6.04 Å². The highest BCUT2D eigenvalue weighted by atomic mass is 16.2. The lowest BCUT2D eigenvalue weighted by molar-refractivity contribution is -0.125. The number of nitrogens with zero attached hydrogens (tertiary/aromatic N) is 1. The van der Waals surface area contributed by atoms with Crippen molar-refractivity contribution in [1.29, 1.82) is 0 Å². The van der Waals surface area contributed by atoms with Gasteiger partial charge in [0.15, 0.2) is 0 Å². The number of hydrogen-bond donors (Lipinski definition) is 2. The molecule has 0 spiro atoms. The Morgan fingerprint density at radius 1 is 1.25 bits per heavy atom. The van der Waals surface area contributed by atoms with Crippen molar-refractivity contribution in [3.8, 4) is 0 Å². The van der Waals surface area contributed by atoms with Crippen molar-refractivity contribution in [2.75, 3.05) is 26.2 Å². The number of rotatable bonds is 5. The zero-order valence-electron chi connectivity index (χ0n) is 13.2. The fourth-order valence-corrected chi connectivity index (χ4v) is 3.49. The topological polar surface area (TPSA) is 44.4 Å². The van der Waals surface area contributed by atoms with Crippen molar-refractivity contribution in [3.63, 3.8) is 0 Å². The van der Waals surface area contributed by atoms with Gasteiger partial charge in [-0.15, -0.1) is 0 Å². The van der Waals surface area contributed by atoms with Crippen LogP contribution in [-0.2, 0) is 4.79 Å². The normalized spacial score (nSPS) is 29.3. The van der Waals surface area contributed by atoms with Crippen molar-refractivity contribution in [3.05, 3.63) is 0 Å². The standard InChI is InChI=1S/C16H31N3O/c1-3-9-19-10-6-14(7-11-19)18-16(20)15-12-13(4-2)5-8-17-15/h13-15,17H,3-12H2,1-2H3,(H,18,20). The molecule has 2 aliphatic heterocycles. The molecule has 2 rings (SSSR count). The summed E-state index contributed by atoms with van der Waals surface area (Å²) in [5.74, 6) is 0.954. The Balaban J connectivity index is 1.72. The van der Waals surface area contributed by atoms with Crippen LogP contribution >= 0.6 is 0 Å². The minimum atomic E-state index is 0.0439. The maximum atomic E-state index is 12.3. The molecule has 0 saturated carbocycles. The Morgan fingerprint density at radius 3 is 2.65 bits per heavy atom. The van der Waals surface area contributed by atoms with E-state index in [9.17, 15) is 4.79 Å². The number of amides is 1. The average molecular weight is 281 g/mol.